The average Bonchev–Trinajstić information content (AvgIpc) is 3.20. The third kappa shape index (κ3) is 2.56. The molecular weight excluding hydrogens is 400 g/mol. The Labute approximate surface area is 183 Å². The number of phenols is 3. The number of para-hydroxylation sites is 1. The van der Waals surface area contributed by atoms with Gasteiger partial charge in [-0.2, -0.15) is 0 Å². The minimum Gasteiger partial charge on any atom is -0.508 e. The van der Waals surface area contributed by atoms with Crippen molar-refractivity contribution in [1.82, 2.24) is 0 Å². The molecule has 0 bridgehead atoms. The summed E-state index contributed by atoms with van der Waals surface area (Å²) < 4.78 is 6.51. The molecule has 1 heterocycles. The van der Waals surface area contributed by atoms with E-state index in [1.54, 1.807) is 42.5 Å². The highest BCUT2D eigenvalue weighted by molar-refractivity contribution is 6.30. The Morgan fingerprint density at radius 3 is 1.97 bits per heavy atom. The van der Waals surface area contributed by atoms with Crippen molar-refractivity contribution in [1.29, 1.82) is 0 Å². The molecule has 1 aromatic heterocycles. The van der Waals surface area contributed by atoms with E-state index in [4.69, 9.17) is 4.42 Å². The minimum atomic E-state index is 0.118. The Morgan fingerprint density at radius 1 is 0.531 bits per heavy atom. The van der Waals surface area contributed by atoms with Crippen molar-refractivity contribution in [3.05, 3.63) is 91.0 Å². The van der Waals surface area contributed by atoms with Gasteiger partial charge < -0.3 is 19.7 Å². The molecule has 0 aliphatic rings. The van der Waals surface area contributed by atoms with Crippen LogP contribution in [0.3, 0.4) is 0 Å². The number of furan rings is 1. The first-order valence-corrected chi connectivity index (χ1v) is 10.3. The van der Waals surface area contributed by atoms with E-state index in [2.05, 4.69) is 0 Å². The second-order valence-corrected chi connectivity index (χ2v) is 7.82. The lowest BCUT2D eigenvalue weighted by Crippen LogP contribution is -1.85. The molecule has 0 atom stereocenters. The lowest BCUT2D eigenvalue weighted by atomic mass is 9.91. The molecule has 5 aromatic carbocycles. The summed E-state index contributed by atoms with van der Waals surface area (Å²) in [6.07, 6.45) is 0. The summed E-state index contributed by atoms with van der Waals surface area (Å²) in [5.74, 6) is 0.977. The molecular formula is C28H18O4. The SMILES string of the molecule is Oc1ccc(-c2oc3c4ccccc4c4cccc(O)c4c3c2-c2ccccc2O)cc1. The first kappa shape index (κ1) is 18.3. The molecule has 6 rings (SSSR count). The maximum Gasteiger partial charge on any atom is 0.144 e. The molecule has 0 unspecified atom stereocenters. The summed E-state index contributed by atoms with van der Waals surface area (Å²) >= 11 is 0. The third-order valence-corrected chi connectivity index (χ3v) is 5.97. The van der Waals surface area contributed by atoms with Crippen molar-refractivity contribution in [3.8, 4) is 39.7 Å². The third-order valence-electron chi connectivity index (χ3n) is 5.97. The Hall–Kier alpha value is -4.44. The van der Waals surface area contributed by atoms with Crippen LogP contribution in [0.25, 0.3) is 55.0 Å². The molecule has 0 fully saturated rings. The van der Waals surface area contributed by atoms with E-state index >= 15 is 0 Å². The van der Waals surface area contributed by atoms with E-state index in [-0.39, 0.29) is 17.2 Å². The first-order valence-electron chi connectivity index (χ1n) is 10.3. The van der Waals surface area contributed by atoms with E-state index in [1.165, 1.54) is 0 Å². The number of phenolic OH excluding ortho intramolecular Hbond substituents is 3. The van der Waals surface area contributed by atoms with Gasteiger partial charge in [0.2, 0.25) is 0 Å². The molecule has 4 heteroatoms. The number of aromatic hydroxyl groups is 3. The molecule has 0 saturated carbocycles. The number of rotatable bonds is 2. The van der Waals surface area contributed by atoms with Gasteiger partial charge in [0, 0.05) is 32.8 Å². The highest BCUT2D eigenvalue weighted by Crippen LogP contribution is 2.50. The van der Waals surface area contributed by atoms with E-state index in [9.17, 15) is 15.3 Å². The maximum absolute atomic E-state index is 10.9. The quantitative estimate of drug-likeness (QED) is 0.260. The van der Waals surface area contributed by atoms with Crippen molar-refractivity contribution in [2.45, 2.75) is 0 Å². The van der Waals surface area contributed by atoms with Gasteiger partial charge in [0.05, 0.1) is 0 Å². The van der Waals surface area contributed by atoms with Gasteiger partial charge >= 0.3 is 0 Å². The van der Waals surface area contributed by atoms with Crippen LogP contribution in [0.2, 0.25) is 0 Å². The van der Waals surface area contributed by atoms with Gasteiger partial charge in [-0.1, -0.05) is 54.6 Å². The van der Waals surface area contributed by atoms with E-state index in [1.807, 2.05) is 48.5 Å². The van der Waals surface area contributed by atoms with Crippen LogP contribution in [-0.4, -0.2) is 15.3 Å². The number of fused-ring (bicyclic) bond motifs is 6. The van der Waals surface area contributed by atoms with Crippen LogP contribution in [0, 0.1) is 0 Å². The van der Waals surface area contributed by atoms with Crippen LogP contribution >= 0.6 is 0 Å². The summed E-state index contributed by atoms with van der Waals surface area (Å²) in [5.41, 5.74) is 2.69. The molecule has 0 saturated heterocycles. The second-order valence-electron chi connectivity index (χ2n) is 7.82. The summed E-state index contributed by atoms with van der Waals surface area (Å²) in [6, 6.07) is 27.3. The summed E-state index contributed by atoms with van der Waals surface area (Å²) in [7, 11) is 0. The minimum absolute atomic E-state index is 0.118. The average molecular weight is 418 g/mol. The van der Waals surface area contributed by atoms with Crippen LogP contribution in [-0.2, 0) is 0 Å². The topological polar surface area (TPSA) is 73.8 Å². The van der Waals surface area contributed by atoms with Crippen molar-refractivity contribution in [2.24, 2.45) is 0 Å². The van der Waals surface area contributed by atoms with Gasteiger partial charge in [-0.15, -0.1) is 0 Å². The second kappa shape index (κ2) is 6.79. The normalized spacial score (nSPS) is 11.5. The van der Waals surface area contributed by atoms with Crippen molar-refractivity contribution in [2.75, 3.05) is 0 Å². The fraction of sp³-hybridized carbons (Fsp3) is 0. The van der Waals surface area contributed by atoms with Crippen LogP contribution in [0.15, 0.2) is 95.4 Å². The molecule has 6 aromatic rings. The van der Waals surface area contributed by atoms with Gasteiger partial charge in [-0.25, -0.2) is 0 Å². The van der Waals surface area contributed by atoms with Gasteiger partial charge in [-0.05, 0) is 47.2 Å². The molecule has 154 valence electrons. The zero-order valence-corrected chi connectivity index (χ0v) is 16.9. The molecule has 3 N–H and O–H groups in total. The predicted octanol–water partition coefficient (Wildman–Crippen LogP) is 7.19. The molecule has 0 aliphatic heterocycles. The van der Waals surface area contributed by atoms with E-state index < -0.39 is 0 Å². The van der Waals surface area contributed by atoms with Crippen LogP contribution in [0.5, 0.6) is 17.2 Å². The van der Waals surface area contributed by atoms with Crippen molar-refractivity contribution >= 4 is 32.5 Å². The highest BCUT2D eigenvalue weighted by atomic mass is 16.3. The summed E-state index contributed by atoms with van der Waals surface area (Å²) in [6.45, 7) is 0. The molecule has 0 aliphatic carbocycles. The van der Waals surface area contributed by atoms with E-state index in [0.717, 1.165) is 27.1 Å². The number of hydrogen-bond acceptors (Lipinski definition) is 4. The Balaban J connectivity index is 1.91. The Kier molecular flexibility index (Phi) is 3.89. The fourth-order valence-electron chi connectivity index (χ4n) is 4.56. The zero-order valence-electron chi connectivity index (χ0n) is 16.9. The predicted molar refractivity (Wildman–Crippen MR) is 127 cm³/mol. The summed E-state index contributed by atoms with van der Waals surface area (Å²) in [5, 5.41) is 35.7. The summed E-state index contributed by atoms with van der Waals surface area (Å²) in [4.78, 5) is 0. The number of benzene rings is 5. The monoisotopic (exact) mass is 418 g/mol. The smallest absolute Gasteiger partial charge is 0.144 e. The first-order chi connectivity index (χ1) is 15.6. The van der Waals surface area contributed by atoms with Gasteiger partial charge in [-0.3, -0.25) is 0 Å². The highest BCUT2D eigenvalue weighted by Gasteiger charge is 2.25. The van der Waals surface area contributed by atoms with Crippen molar-refractivity contribution < 1.29 is 19.7 Å². The lowest BCUT2D eigenvalue weighted by molar-refractivity contribution is 0.475. The molecule has 0 amide bonds. The van der Waals surface area contributed by atoms with Crippen LogP contribution in [0.1, 0.15) is 0 Å². The van der Waals surface area contributed by atoms with Crippen molar-refractivity contribution in [3.63, 3.8) is 0 Å². The maximum atomic E-state index is 10.9. The molecule has 4 nitrogen and oxygen atoms in total. The van der Waals surface area contributed by atoms with Gasteiger partial charge in [0.1, 0.15) is 28.6 Å². The van der Waals surface area contributed by atoms with Crippen LogP contribution in [0.4, 0.5) is 0 Å². The number of hydrogen-bond donors (Lipinski definition) is 3. The Morgan fingerprint density at radius 2 is 1.19 bits per heavy atom. The van der Waals surface area contributed by atoms with Gasteiger partial charge in [0.25, 0.3) is 0 Å². The standard InChI is InChI=1S/C28H18O4/c29-17-14-12-16(13-15-17)27-25(21-8-3-4-10-22(21)30)26-24-19(9-5-11-23(24)31)18-6-1-2-7-20(18)28(26)32-27/h1-15,29-31H. The fourth-order valence-corrected chi connectivity index (χ4v) is 4.56. The lowest BCUT2D eigenvalue weighted by Gasteiger charge is -2.10. The Bertz CT molecular complexity index is 1640. The zero-order chi connectivity index (χ0) is 21.8. The van der Waals surface area contributed by atoms with Gasteiger partial charge in [0.15, 0.2) is 0 Å². The van der Waals surface area contributed by atoms with Crippen LogP contribution < -0.4 is 0 Å². The van der Waals surface area contributed by atoms with E-state index in [0.29, 0.717) is 27.9 Å². The molecule has 32 heavy (non-hydrogen) atoms. The largest absolute Gasteiger partial charge is 0.508 e. The molecule has 0 spiro atoms. The molecule has 0 radical (unpaired) electrons.